The maximum absolute atomic E-state index is 10.7. The fourth-order valence-electron chi connectivity index (χ4n) is 0.967. The lowest BCUT2D eigenvalue weighted by Crippen LogP contribution is -2.12. The first kappa shape index (κ1) is 11.1. The molecule has 0 bridgehead atoms. The zero-order chi connectivity index (χ0) is 11.6. The van der Waals surface area contributed by atoms with Crippen LogP contribution in [0.3, 0.4) is 0 Å². The van der Waals surface area contributed by atoms with Crippen molar-refractivity contribution in [3.63, 3.8) is 0 Å². The third-order valence-electron chi connectivity index (χ3n) is 1.75. The monoisotopic (exact) mass is 210 g/mol. The molecule has 6 heteroatoms. The van der Waals surface area contributed by atoms with Crippen molar-refractivity contribution in [2.45, 2.75) is 19.8 Å². The first-order chi connectivity index (χ1) is 6.91. The number of carboxylic acid groups (broad SMARTS) is 2. The van der Waals surface area contributed by atoms with Crippen molar-refractivity contribution in [3.05, 3.63) is 23.3 Å². The summed E-state index contributed by atoms with van der Waals surface area (Å²) < 4.78 is 0. The number of nitrogens with zero attached hydrogens (tertiary/aromatic N) is 2. The molecular weight excluding hydrogens is 200 g/mol. The van der Waals surface area contributed by atoms with E-state index in [-0.39, 0.29) is 11.6 Å². The van der Waals surface area contributed by atoms with Gasteiger partial charge in [0.25, 0.3) is 0 Å². The predicted octanol–water partition coefficient (Wildman–Crippen LogP) is 0.996. The van der Waals surface area contributed by atoms with Gasteiger partial charge in [-0.3, -0.25) is 0 Å². The normalized spacial score (nSPS) is 10.3. The van der Waals surface area contributed by atoms with E-state index in [1.54, 1.807) is 13.8 Å². The Hall–Kier alpha value is -1.98. The van der Waals surface area contributed by atoms with E-state index in [9.17, 15) is 9.59 Å². The van der Waals surface area contributed by atoms with Crippen molar-refractivity contribution in [2.24, 2.45) is 0 Å². The van der Waals surface area contributed by atoms with Crippen LogP contribution in [-0.2, 0) is 0 Å². The summed E-state index contributed by atoms with van der Waals surface area (Å²) in [5.41, 5.74) is 0.103. The summed E-state index contributed by atoms with van der Waals surface area (Å²) in [6, 6.07) is 1.28. The molecule has 0 aromatic carbocycles. The Bertz CT molecular complexity index is 382. The minimum atomic E-state index is -1.33. The fourth-order valence-corrected chi connectivity index (χ4v) is 0.967. The molecule has 15 heavy (non-hydrogen) atoms. The number of aromatic carboxylic acids is 2. The Kier molecular flexibility index (Phi) is 2.99. The number of aromatic nitrogens is 2. The van der Waals surface area contributed by atoms with E-state index in [1.807, 2.05) is 0 Å². The highest BCUT2D eigenvalue weighted by atomic mass is 16.4. The second kappa shape index (κ2) is 4.04. The van der Waals surface area contributed by atoms with Crippen LogP contribution in [0.4, 0.5) is 0 Å². The van der Waals surface area contributed by atoms with E-state index < -0.39 is 17.8 Å². The van der Waals surface area contributed by atoms with Gasteiger partial charge in [0.05, 0.1) is 0 Å². The molecule has 1 aromatic rings. The number of carbonyl (C=O) groups is 2. The Labute approximate surface area is 85.6 Å². The van der Waals surface area contributed by atoms with Gasteiger partial charge in [-0.1, -0.05) is 13.8 Å². The Morgan fingerprint density at radius 2 is 1.80 bits per heavy atom. The van der Waals surface area contributed by atoms with Crippen molar-refractivity contribution in [3.8, 4) is 0 Å². The zero-order valence-corrected chi connectivity index (χ0v) is 8.26. The summed E-state index contributed by atoms with van der Waals surface area (Å²) in [6.07, 6.45) is 0. The molecule has 0 radical (unpaired) electrons. The minimum absolute atomic E-state index is 0.0517. The van der Waals surface area contributed by atoms with Gasteiger partial charge in [-0.2, -0.15) is 0 Å². The Morgan fingerprint density at radius 3 is 2.20 bits per heavy atom. The number of carboxylic acids is 2. The number of rotatable bonds is 3. The summed E-state index contributed by atoms with van der Waals surface area (Å²) in [4.78, 5) is 28.4. The van der Waals surface area contributed by atoms with E-state index in [0.717, 1.165) is 0 Å². The smallest absolute Gasteiger partial charge is 0.373 e. The summed E-state index contributed by atoms with van der Waals surface area (Å²) in [5.74, 6) is -3.13. The summed E-state index contributed by atoms with van der Waals surface area (Å²) in [5, 5.41) is 17.4. The van der Waals surface area contributed by atoms with Crippen LogP contribution in [0.25, 0.3) is 0 Å². The zero-order valence-electron chi connectivity index (χ0n) is 8.26. The van der Waals surface area contributed by atoms with Crippen LogP contribution in [0.2, 0.25) is 0 Å². The third kappa shape index (κ3) is 2.49. The lowest BCUT2D eigenvalue weighted by molar-refractivity contribution is 0.0678. The summed E-state index contributed by atoms with van der Waals surface area (Å²) >= 11 is 0. The predicted molar refractivity (Wildman–Crippen MR) is 50.0 cm³/mol. The van der Waals surface area contributed by atoms with Crippen LogP contribution >= 0.6 is 0 Å². The average molecular weight is 210 g/mol. The van der Waals surface area contributed by atoms with Gasteiger partial charge in [-0.15, -0.1) is 0 Å². The van der Waals surface area contributed by atoms with Crippen LogP contribution in [0, 0.1) is 0 Å². The van der Waals surface area contributed by atoms with Crippen molar-refractivity contribution in [1.82, 2.24) is 9.97 Å². The topological polar surface area (TPSA) is 100 Å². The van der Waals surface area contributed by atoms with Crippen molar-refractivity contribution < 1.29 is 19.8 Å². The van der Waals surface area contributed by atoms with Crippen LogP contribution in [0.5, 0.6) is 0 Å². The van der Waals surface area contributed by atoms with Crippen LogP contribution in [0.1, 0.15) is 46.6 Å². The van der Waals surface area contributed by atoms with Gasteiger partial charge in [0, 0.05) is 5.69 Å². The van der Waals surface area contributed by atoms with Gasteiger partial charge in [0.2, 0.25) is 5.82 Å². The molecule has 0 aliphatic rings. The van der Waals surface area contributed by atoms with Crippen LogP contribution < -0.4 is 0 Å². The molecule has 0 aliphatic carbocycles. The molecule has 0 unspecified atom stereocenters. The second-order valence-electron chi connectivity index (χ2n) is 3.27. The van der Waals surface area contributed by atoms with Crippen LogP contribution in [0.15, 0.2) is 6.07 Å². The SMILES string of the molecule is CC(C)c1cc(C(=O)O)nc(C(=O)O)n1. The van der Waals surface area contributed by atoms with E-state index >= 15 is 0 Å². The second-order valence-corrected chi connectivity index (χ2v) is 3.27. The molecule has 6 nitrogen and oxygen atoms in total. The Morgan fingerprint density at radius 1 is 1.20 bits per heavy atom. The van der Waals surface area contributed by atoms with Gasteiger partial charge in [0.15, 0.2) is 5.69 Å². The van der Waals surface area contributed by atoms with E-state index in [2.05, 4.69) is 9.97 Å². The molecular formula is C9H10N2O4. The molecule has 80 valence electrons. The number of hydrogen-bond acceptors (Lipinski definition) is 4. The lowest BCUT2D eigenvalue weighted by atomic mass is 10.1. The molecule has 0 fully saturated rings. The summed E-state index contributed by atoms with van der Waals surface area (Å²) in [6.45, 7) is 3.58. The quantitative estimate of drug-likeness (QED) is 0.771. The first-order valence-corrected chi connectivity index (χ1v) is 4.27. The highest BCUT2D eigenvalue weighted by Gasteiger charge is 2.15. The van der Waals surface area contributed by atoms with E-state index in [1.165, 1.54) is 6.07 Å². The van der Waals surface area contributed by atoms with Crippen molar-refractivity contribution in [2.75, 3.05) is 0 Å². The average Bonchev–Trinajstić information content (AvgIpc) is 2.16. The molecule has 0 spiro atoms. The molecule has 0 aliphatic heterocycles. The van der Waals surface area contributed by atoms with Gasteiger partial charge >= 0.3 is 11.9 Å². The molecule has 1 rings (SSSR count). The maximum atomic E-state index is 10.7. The minimum Gasteiger partial charge on any atom is -0.477 e. The number of hydrogen-bond donors (Lipinski definition) is 2. The largest absolute Gasteiger partial charge is 0.477 e. The molecule has 0 saturated carbocycles. The van der Waals surface area contributed by atoms with Crippen molar-refractivity contribution >= 4 is 11.9 Å². The first-order valence-electron chi connectivity index (χ1n) is 4.27. The molecule has 0 amide bonds. The standard InChI is InChI=1S/C9H10N2O4/c1-4(2)5-3-6(8(12)13)11-7(10-5)9(14)15/h3-4H,1-2H3,(H,12,13)(H,14,15). The molecule has 0 atom stereocenters. The third-order valence-corrected chi connectivity index (χ3v) is 1.75. The summed E-state index contributed by atoms with van der Waals surface area (Å²) in [7, 11) is 0. The van der Waals surface area contributed by atoms with Gasteiger partial charge in [-0.25, -0.2) is 19.6 Å². The molecule has 1 heterocycles. The fraction of sp³-hybridized carbons (Fsp3) is 0.333. The molecule has 0 saturated heterocycles. The lowest BCUT2D eigenvalue weighted by Gasteiger charge is -2.05. The van der Waals surface area contributed by atoms with Crippen LogP contribution in [-0.4, -0.2) is 32.1 Å². The Balaban J connectivity index is 3.32. The van der Waals surface area contributed by atoms with Gasteiger partial charge in [-0.05, 0) is 12.0 Å². The highest BCUT2D eigenvalue weighted by Crippen LogP contribution is 2.12. The van der Waals surface area contributed by atoms with Crippen molar-refractivity contribution in [1.29, 1.82) is 0 Å². The highest BCUT2D eigenvalue weighted by molar-refractivity contribution is 5.88. The molecule has 1 aromatic heterocycles. The molecule has 2 N–H and O–H groups in total. The van der Waals surface area contributed by atoms with Gasteiger partial charge < -0.3 is 10.2 Å². The van der Waals surface area contributed by atoms with E-state index in [0.29, 0.717) is 5.69 Å². The van der Waals surface area contributed by atoms with Gasteiger partial charge in [0.1, 0.15) is 0 Å². The van der Waals surface area contributed by atoms with E-state index in [4.69, 9.17) is 10.2 Å². The maximum Gasteiger partial charge on any atom is 0.373 e.